The maximum absolute atomic E-state index is 12.7. The van der Waals surface area contributed by atoms with Crippen LogP contribution >= 0.6 is 0 Å². The molecule has 6 heteroatoms. The summed E-state index contributed by atoms with van der Waals surface area (Å²) in [6.07, 6.45) is -5.38. The van der Waals surface area contributed by atoms with Gasteiger partial charge in [0.25, 0.3) is 0 Å². The molecule has 0 heterocycles. The summed E-state index contributed by atoms with van der Waals surface area (Å²) in [5.41, 5.74) is 0. The van der Waals surface area contributed by atoms with Crippen LogP contribution in [0.4, 0.5) is 13.2 Å². The van der Waals surface area contributed by atoms with E-state index >= 15 is 0 Å². The van der Waals surface area contributed by atoms with Crippen LogP contribution in [-0.2, 0) is 4.79 Å². The third-order valence-electron chi connectivity index (χ3n) is 3.47. The van der Waals surface area contributed by atoms with Crippen LogP contribution in [0.25, 0.3) is 0 Å². The average molecular weight is 239 g/mol. The Morgan fingerprint density at radius 2 is 1.81 bits per heavy atom. The minimum atomic E-state index is -4.49. The van der Waals surface area contributed by atoms with Crippen molar-refractivity contribution in [1.82, 2.24) is 4.90 Å². The van der Waals surface area contributed by atoms with E-state index in [0.717, 1.165) is 4.90 Å². The van der Waals surface area contributed by atoms with Crippen molar-refractivity contribution >= 4 is 5.97 Å². The van der Waals surface area contributed by atoms with Crippen LogP contribution in [0.5, 0.6) is 0 Å². The number of rotatable bonds is 4. The molecule has 94 valence electrons. The van der Waals surface area contributed by atoms with E-state index in [0.29, 0.717) is 0 Å². The van der Waals surface area contributed by atoms with Gasteiger partial charge in [-0.05, 0) is 18.9 Å². The molecule has 1 fully saturated rings. The van der Waals surface area contributed by atoms with Gasteiger partial charge >= 0.3 is 12.1 Å². The number of carboxylic acid groups (broad SMARTS) is 1. The topological polar surface area (TPSA) is 40.5 Å². The van der Waals surface area contributed by atoms with E-state index in [2.05, 4.69) is 0 Å². The Balaban J connectivity index is 2.73. The molecule has 0 spiro atoms. The van der Waals surface area contributed by atoms with E-state index in [1.807, 2.05) is 13.8 Å². The quantitative estimate of drug-likeness (QED) is 0.815. The van der Waals surface area contributed by atoms with Gasteiger partial charge in [0.1, 0.15) is 6.04 Å². The van der Waals surface area contributed by atoms with Crippen LogP contribution in [0, 0.1) is 11.8 Å². The third-order valence-corrected chi connectivity index (χ3v) is 3.47. The zero-order chi connectivity index (χ0) is 12.7. The minimum Gasteiger partial charge on any atom is -0.481 e. The van der Waals surface area contributed by atoms with Crippen LogP contribution in [0.1, 0.15) is 20.3 Å². The molecule has 16 heavy (non-hydrogen) atoms. The lowest BCUT2D eigenvalue weighted by atomic mass is 10.1. The third kappa shape index (κ3) is 2.66. The number of aliphatic carboxylic acids is 1. The van der Waals surface area contributed by atoms with E-state index in [4.69, 9.17) is 5.11 Å². The normalized spacial score (nSPS) is 31.6. The first kappa shape index (κ1) is 13.3. The minimum absolute atomic E-state index is 0.161. The molecular formula is C10H16F3NO2. The fourth-order valence-electron chi connectivity index (χ4n) is 2.24. The van der Waals surface area contributed by atoms with Crippen molar-refractivity contribution in [2.45, 2.75) is 38.5 Å². The first-order valence-electron chi connectivity index (χ1n) is 5.16. The Morgan fingerprint density at radius 3 is 2.06 bits per heavy atom. The highest BCUT2D eigenvalue weighted by molar-refractivity contribution is 5.67. The van der Waals surface area contributed by atoms with Crippen molar-refractivity contribution in [2.75, 3.05) is 7.05 Å². The first-order chi connectivity index (χ1) is 7.16. The molecular weight excluding hydrogens is 223 g/mol. The number of carboxylic acids is 1. The lowest BCUT2D eigenvalue weighted by Crippen LogP contribution is -2.46. The Morgan fingerprint density at radius 1 is 1.38 bits per heavy atom. The number of hydrogen-bond donors (Lipinski definition) is 1. The molecule has 3 nitrogen and oxygen atoms in total. The van der Waals surface area contributed by atoms with E-state index in [-0.39, 0.29) is 17.9 Å². The fraction of sp³-hybridized carbons (Fsp3) is 0.900. The second kappa shape index (κ2) is 4.24. The zero-order valence-corrected chi connectivity index (χ0v) is 9.45. The summed E-state index contributed by atoms with van der Waals surface area (Å²) in [5, 5.41) is 8.50. The number of hydrogen-bond acceptors (Lipinski definition) is 2. The Bertz CT molecular complexity index is 272. The zero-order valence-electron chi connectivity index (χ0n) is 9.45. The standard InChI is InChI=1S/C10H16F3NO2/c1-5-6(2)9(5)14(3)7(4-8(15)16)10(11,12)13/h5-7,9H,4H2,1-3H3,(H,15,16). The molecule has 0 radical (unpaired) electrons. The van der Waals surface area contributed by atoms with Gasteiger partial charge in [0.2, 0.25) is 0 Å². The molecule has 1 aliphatic rings. The van der Waals surface area contributed by atoms with Gasteiger partial charge < -0.3 is 5.11 Å². The number of nitrogens with zero attached hydrogens (tertiary/aromatic N) is 1. The molecule has 0 aliphatic heterocycles. The predicted octanol–water partition coefficient (Wildman–Crippen LogP) is 1.98. The monoisotopic (exact) mass is 239 g/mol. The van der Waals surface area contributed by atoms with Gasteiger partial charge in [-0.1, -0.05) is 13.8 Å². The average Bonchev–Trinajstić information content (AvgIpc) is 2.67. The van der Waals surface area contributed by atoms with Gasteiger partial charge in [-0.25, -0.2) is 0 Å². The van der Waals surface area contributed by atoms with Gasteiger partial charge in [0.05, 0.1) is 6.42 Å². The van der Waals surface area contributed by atoms with Gasteiger partial charge in [-0.2, -0.15) is 13.2 Å². The molecule has 1 rings (SSSR count). The number of carbonyl (C=O) groups is 1. The number of halogens is 3. The molecule has 3 unspecified atom stereocenters. The maximum atomic E-state index is 12.7. The van der Waals surface area contributed by atoms with E-state index < -0.39 is 24.6 Å². The summed E-state index contributed by atoms with van der Waals surface area (Å²) in [7, 11) is 1.35. The van der Waals surface area contributed by atoms with Gasteiger partial charge in [-0.15, -0.1) is 0 Å². The van der Waals surface area contributed by atoms with Crippen molar-refractivity contribution < 1.29 is 23.1 Å². The SMILES string of the molecule is CC1C(C)C1N(C)C(CC(=O)O)C(F)(F)F. The fourth-order valence-corrected chi connectivity index (χ4v) is 2.24. The smallest absolute Gasteiger partial charge is 0.404 e. The Hall–Kier alpha value is -0.780. The molecule has 0 aromatic heterocycles. The van der Waals surface area contributed by atoms with Crippen molar-refractivity contribution in [2.24, 2.45) is 11.8 Å². The highest BCUT2D eigenvalue weighted by Crippen LogP contribution is 2.44. The lowest BCUT2D eigenvalue weighted by molar-refractivity contribution is -0.189. The molecule has 3 atom stereocenters. The summed E-state index contributed by atoms with van der Waals surface area (Å²) in [6.45, 7) is 3.75. The van der Waals surface area contributed by atoms with Crippen LogP contribution in [-0.4, -0.2) is 41.3 Å². The summed E-state index contributed by atoms with van der Waals surface area (Å²) in [4.78, 5) is 11.6. The Kier molecular flexibility index (Phi) is 3.52. The second-order valence-electron chi connectivity index (χ2n) is 4.53. The Labute approximate surface area is 92.2 Å². The highest BCUT2D eigenvalue weighted by Gasteiger charge is 2.53. The molecule has 1 N–H and O–H groups in total. The molecule has 0 saturated heterocycles. The van der Waals surface area contributed by atoms with E-state index in [9.17, 15) is 18.0 Å². The van der Waals surface area contributed by atoms with Crippen molar-refractivity contribution in [3.63, 3.8) is 0 Å². The van der Waals surface area contributed by atoms with Gasteiger partial charge in [-0.3, -0.25) is 9.69 Å². The van der Waals surface area contributed by atoms with Gasteiger partial charge in [0.15, 0.2) is 0 Å². The summed E-state index contributed by atoms with van der Waals surface area (Å²) >= 11 is 0. The van der Waals surface area contributed by atoms with Crippen molar-refractivity contribution in [3.8, 4) is 0 Å². The summed E-state index contributed by atoms with van der Waals surface area (Å²) in [5.74, 6) is -1.03. The maximum Gasteiger partial charge on any atom is 0.404 e. The predicted molar refractivity (Wildman–Crippen MR) is 52.0 cm³/mol. The number of alkyl halides is 3. The second-order valence-corrected chi connectivity index (χ2v) is 4.53. The molecule has 0 aromatic rings. The van der Waals surface area contributed by atoms with Crippen molar-refractivity contribution in [1.29, 1.82) is 0 Å². The highest BCUT2D eigenvalue weighted by atomic mass is 19.4. The largest absolute Gasteiger partial charge is 0.481 e. The lowest BCUT2D eigenvalue weighted by Gasteiger charge is -2.29. The van der Waals surface area contributed by atoms with E-state index in [1.54, 1.807) is 0 Å². The van der Waals surface area contributed by atoms with Crippen LogP contribution in [0.15, 0.2) is 0 Å². The van der Waals surface area contributed by atoms with Crippen molar-refractivity contribution in [3.05, 3.63) is 0 Å². The van der Waals surface area contributed by atoms with E-state index in [1.165, 1.54) is 7.05 Å². The summed E-state index contributed by atoms with van der Waals surface area (Å²) < 4.78 is 38.0. The van der Waals surface area contributed by atoms with Crippen LogP contribution in [0.3, 0.4) is 0 Å². The summed E-state index contributed by atoms with van der Waals surface area (Å²) in [6, 6.07) is -2.05. The molecule has 0 aromatic carbocycles. The molecule has 0 bridgehead atoms. The van der Waals surface area contributed by atoms with Crippen LogP contribution in [0.2, 0.25) is 0 Å². The molecule has 1 saturated carbocycles. The first-order valence-corrected chi connectivity index (χ1v) is 5.16. The molecule has 1 aliphatic carbocycles. The van der Waals surface area contributed by atoms with Gasteiger partial charge in [0, 0.05) is 6.04 Å². The van der Waals surface area contributed by atoms with Crippen LogP contribution < -0.4 is 0 Å². The molecule has 0 amide bonds.